The zero-order valence-electron chi connectivity index (χ0n) is 17.5. The maximum Gasteiger partial charge on any atom is 0.241 e. The molecule has 0 saturated carbocycles. The fourth-order valence-electron chi connectivity index (χ4n) is 3.14. The molecule has 0 unspecified atom stereocenters. The number of aliphatic imine (C=N–C) groups is 1. The van der Waals surface area contributed by atoms with Gasteiger partial charge in [-0.2, -0.15) is 0 Å². The third kappa shape index (κ3) is 10.00. The van der Waals surface area contributed by atoms with E-state index < -0.39 is 0 Å². The number of carbonyl (C=O) groups excluding carboxylic acids is 1. The Morgan fingerprint density at radius 2 is 1.97 bits per heavy atom. The van der Waals surface area contributed by atoms with E-state index in [9.17, 15) is 4.79 Å². The van der Waals surface area contributed by atoms with E-state index in [1.54, 1.807) is 7.11 Å². The van der Waals surface area contributed by atoms with Gasteiger partial charge in [-0.05, 0) is 37.5 Å². The Morgan fingerprint density at radius 3 is 2.60 bits per heavy atom. The number of hydrogen-bond acceptors (Lipinski definition) is 4. The minimum absolute atomic E-state index is 0. The lowest BCUT2D eigenvalue weighted by Gasteiger charge is -2.33. The van der Waals surface area contributed by atoms with Crippen molar-refractivity contribution in [2.24, 2.45) is 4.99 Å². The highest BCUT2D eigenvalue weighted by atomic mass is 127. The van der Waals surface area contributed by atoms with Gasteiger partial charge in [0.15, 0.2) is 5.96 Å². The summed E-state index contributed by atoms with van der Waals surface area (Å²) in [6.07, 6.45) is 2.01. The molecule has 10 heteroatoms. The van der Waals surface area contributed by atoms with Crippen molar-refractivity contribution in [3.8, 4) is 0 Å². The second-order valence-electron chi connectivity index (χ2n) is 6.98. The largest absolute Gasteiger partial charge is 0.383 e. The van der Waals surface area contributed by atoms with Gasteiger partial charge in [0.2, 0.25) is 5.91 Å². The number of rotatable bonds is 9. The lowest BCUT2D eigenvalue weighted by atomic mass is 10.0. The van der Waals surface area contributed by atoms with Crippen LogP contribution in [-0.4, -0.2) is 69.2 Å². The minimum Gasteiger partial charge on any atom is -0.383 e. The van der Waals surface area contributed by atoms with Gasteiger partial charge >= 0.3 is 0 Å². The molecule has 1 aromatic rings. The van der Waals surface area contributed by atoms with E-state index in [4.69, 9.17) is 27.9 Å². The Labute approximate surface area is 206 Å². The number of ether oxygens (including phenoxy) is 1. The number of methoxy groups -OCH3 is 1. The van der Waals surface area contributed by atoms with Crippen molar-refractivity contribution < 1.29 is 9.53 Å². The standard InChI is InChI=1S/C20H31Cl2N5O2.HI/c1-3-23-20(25-13-19(28)24-8-11-29-2)26-16-6-9-27(10-7-16)14-15-4-5-17(21)18(22)12-15;/h4-5,12,16H,3,6-11,13-14H2,1-2H3,(H,24,28)(H2,23,25,26);1H. The third-order valence-corrected chi connectivity index (χ3v) is 5.41. The summed E-state index contributed by atoms with van der Waals surface area (Å²) in [6.45, 7) is 6.65. The third-order valence-electron chi connectivity index (χ3n) is 4.67. The number of nitrogens with zero attached hydrogens (tertiary/aromatic N) is 2. The summed E-state index contributed by atoms with van der Waals surface area (Å²) in [4.78, 5) is 18.6. The van der Waals surface area contributed by atoms with Gasteiger partial charge < -0.3 is 20.7 Å². The Bertz CT molecular complexity index is 685. The highest BCUT2D eigenvalue weighted by Gasteiger charge is 2.20. The van der Waals surface area contributed by atoms with E-state index in [0.717, 1.165) is 39.0 Å². The molecule has 7 nitrogen and oxygen atoms in total. The summed E-state index contributed by atoms with van der Waals surface area (Å²) in [6, 6.07) is 6.13. The molecule has 170 valence electrons. The molecular formula is C20H32Cl2IN5O2. The Hall–Kier alpha value is -0.810. The van der Waals surface area contributed by atoms with Crippen molar-refractivity contribution in [2.45, 2.75) is 32.4 Å². The summed E-state index contributed by atoms with van der Waals surface area (Å²) < 4.78 is 4.92. The molecule has 1 amide bonds. The summed E-state index contributed by atoms with van der Waals surface area (Å²) in [5, 5.41) is 10.6. The molecule has 2 rings (SSSR count). The van der Waals surface area contributed by atoms with E-state index in [0.29, 0.717) is 35.2 Å². The van der Waals surface area contributed by atoms with Crippen molar-refractivity contribution in [1.82, 2.24) is 20.9 Å². The number of carbonyl (C=O) groups is 1. The fourth-order valence-corrected chi connectivity index (χ4v) is 3.46. The number of benzene rings is 1. The smallest absolute Gasteiger partial charge is 0.241 e. The Morgan fingerprint density at radius 1 is 1.23 bits per heavy atom. The first-order valence-corrected chi connectivity index (χ1v) is 10.7. The number of amides is 1. The molecule has 1 heterocycles. The van der Waals surface area contributed by atoms with Gasteiger partial charge in [0.1, 0.15) is 6.54 Å². The van der Waals surface area contributed by atoms with Crippen LogP contribution in [0.1, 0.15) is 25.3 Å². The van der Waals surface area contributed by atoms with Crippen molar-refractivity contribution in [1.29, 1.82) is 0 Å². The quantitative estimate of drug-likeness (QED) is 0.184. The molecular weight excluding hydrogens is 540 g/mol. The number of likely N-dealkylation sites (tertiary alicyclic amines) is 1. The van der Waals surface area contributed by atoms with Gasteiger partial charge in [-0.3, -0.25) is 9.69 Å². The van der Waals surface area contributed by atoms with Crippen LogP contribution in [0.5, 0.6) is 0 Å². The van der Waals surface area contributed by atoms with Crippen LogP contribution in [0, 0.1) is 0 Å². The molecule has 0 spiro atoms. The minimum atomic E-state index is -0.115. The first-order chi connectivity index (χ1) is 14.0. The molecule has 0 radical (unpaired) electrons. The van der Waals surface area contributed by atoms with Gasteiger partial charge in [0.25, 0.3) is 0 Å². The van der Waals surface area contributed by atoms with Crippen LogP contribution in [0.3, 0.4) is 0 Å². The maximum absolute atomic E-state index is 11.8. The molecule has 0 atom stereocenters. The van der Waals surface area contributed by atoms with Gasteiger partial charge in [0.05, 0.1) is 16.7 Å². The average molecular weight is 572 g/mol. The number of piperidine rings is 1. The predicted octanol–water partition coefficient (Wildman–Crippen LogP) is 2.89. The van der Waals surface area contributed by atoms with Gasteiger partial charge in [-0.1, -0.05) is 29.3 Å². The highest BCUT2D eigenvalue weighted by Crippen LogP contribution is 2.24. The second-order valence-corrected chi connectivity index (χ2v) is 7.80. The zero-order valence-corrected chi connectivity index (χ0v) is 21.4. The van der Waals surface area contributed by atoms with Gasteiger partial charge in [0, 0.05) is 45.9 Å². The van der Waals surface area contributed by atoms with E-state index >= 15 is 0 Å². The molecule has 30 heavy (non-hydrogen) atoms. The van der Waals surface area contributed by atoms with Crippen LogP contribution < -0.4 is 16.0 Å². The lowest BCUT2D eigenvalue weighted by molar-refractivity contribution is -0.119. The molecule has 3 N–H and O–H groups in total. The normalized spacial score (nSPS) is 15.4. The molecule has 1 saturated heterocycles. The van der Waals surface area contributed by atoms with E-state index in [1.165, 1.54) is 5.56 Å². The fraction of sp³-hybridized carbons (Fsp3) is 0.600. The van der Waals surface area contributed by atoms with Crippen molar-refractivity contribution >= 4 is 59.0 Å². The molecule has 1 aromatic carbocycles. The van der Waals surface area contributed by atoms with Crippen LogP contribution in [0.25, 0.3) is 0 Å². The second kappa shape index (κ2) is 15.1. The zero-order chi connectivity index (χ0) is 21.1. The van der Waals surface area contributed by atoms with E-state index in [1.807, 2.05) is 25.1 Å². The van der Waals surface area contributed by atoms with Gasteiger partial charge in [-0.25, -0.2) is 4.99 Å². The molecule has 1 aliphatic rings. The molecule has 0 aromatic heterocycles. The molecule has 1 aliphatic heterocycles. The Balaban J connectivity index is 0.00000450. The summed E-state index contributed by atoms with van der Waals surface area (Å²) >= 11 is 12.1. The predicted molar refractivity (Wildman–Crippen MR) is 134 cm³/mol. The van der Waals surface area contributed by atoms with Crippen LogP contribution in [-0.2, 0) is 16.1 Å². The van der Waals surface area contributed by atoms with Crippen LogP contribution in [0.2, 0.25) is 10.0 Å². The van der Waals surface area contributed by atoms with Crippen LogP contribution >= 0.6 is 47.2 Å². The Kier molecular flexibility index (Phi) is 13.7. The SMILES string of the molecule is CCNC(=NCC(=O)NCCOC)NC1CCN(Cc2ccc(Cl)c(Cl)c2)CC1.I. The summed E-state index contributed by atoms with van der Waals surface area (Å²) in [7, 11) is 1.60. The van der Waals surface area contributed by atoms with Crippen LogP contribution in [0.4, 0.5) is 0 Å². The van der Waals surface area contributed by atoms with Crippen molar-refractivity contribution in [3.63, 3.8) is 0 Å². The number of guanidine groups is 1. The van der Waals surface area contributed by atoms with Crippen molar-refractivity contribution in [2.75, 3.05) is 46.4 Å². The molecule has 0 bridgehead atoms. The van der Waals surface area contributed by atoms with E-state index in [-0.39, 0.29) is 36.4 Å². The first kappa shape index (κ1) is 27.2. The first-order valence-electron chi connectivity index (χ1n) is 9.98. The lowest BCUT2D eigenvalue weighted by Crippen LogP contribution is -2.48. The average Bonchev–Trinajstić information content (AvgIpc) is 2.71. The molecule has 0 aliphatic carbocycles. The monoisotopic (exact) mass is 571 g/mol. The number of hydrogen-bond donors (Lipinski definition) is 3. The summed E-state index contributed by atoms with van der Waals surface area (Å²) in [5.74, 6) is 0.563. The number of halogens is 3. The maximum atomic E-state index is 11.8. The highest BCUT2D eigenvalue weighted by molar-refractivity contribution is 14.0. The summed E-state index contributed by atoms with van der Waals surface area (Å²) in [5.41, 5.74) is 1.17. The van der Waals surface area contributed by atoms with Crippen molar-refractivity contribution in [3.05, 3.63) is 33.8 Å². The number of nitrogens with one attached hydrogen (secondary N) is 3. The van der Waals surface area contributed by atoms with Crippen LogP contribution in [0.15, 0.2) is 23.2 Å². The molecule has 1 fully saturated rings. The van der Waals surface area contributed by atoms with E-state index in [2.05, 4.69) is 25.8 Å². The van der Waals surface area contributed by atoms with Gasteiger partial charge in [-0.15, -0.1) is 24.0 Å². The topological polar surface area (TPSA) is 78.0 Å².